The summed E-state index contributed by atoms with van der Waals surface area (Å²) in [5, 5.41) is 6.81. The summed E-state index contributed by atoms with van der Waals surface area (Å²) >= 11 is 0. The number of nitrogens with two attached hydrogens (primary N) is 1. The monoisotopic (exact) mass is 380 g/mol. The van der Waals surface area contributed by atoms with Gasteiger partial charge in [-0.2, -0.15) is 4.98 Å². The summed E-state index contributed by atoms with van der Waals surface area (Å²) in [6, 6.07) is 8.79. The van der Waals surface area contributed by atoms with Gasteiger partial charge in [-0.25, -0.2) is 4.98 Å². The van der Waals surface area contributed by atoms with Crippen LogP contribution in [0, 0.1) is 0 Å². The van der Waals surface area contributed by atoms with Crippen molar-refractivity contribution in [2.24, 2.45) is 5.73 Å². The van der Waals surface area contributed by atoms with Crippen LogP contribution in [0.4, 0.5) is 17.5 Å². The normalized spacial score (nSPS) is 18.2. The van der Waals surface area contributed by atoms with Crippen LogP contribution in [-0.4, -0.2) is 48.1 Å². The predicted molar refractivity (Wildman–Crippen MR) is 115 cm³/mol. The number of nitrogens with one attached hydrogen (secondary N) is 2. The van der Waals surface area contributed by atoms with E-state index >= 15 is 0 Å². The second kappa shape index (κ2) is 8.88. The summed E-state index contributed by atoms with van der Waals surface area (Å²) in [6.45, 7) is 3.90. The molecule has 2 aliphatic rings. The van der Waals surface area contributed by atoms with Gasteiger partial charge in [0.1, 0.15) is 5.82 Å². The van der Waals surface area contributed by atoms with Gasteiger partial charge >= 0.3 is 0 Å². The van der Waals surface area contributed by atoms with Crippen molar-refractivity contribution in [3.05, 3.63) is 41.6 Å². The summed E-state index contributed by atoms with van der Waals surface area (Å²) in [5.41, 5.74) is 9.33. The van der Waals surface area contributed by atoms with Crippen molar-refractivity contribution in [2.45, 2.75) is 43.9 Å². The van der Waals surface area contributed by atoms with Crippen LogP contribution >= 0.6 is 0 Å². The van der Waals surface area contributed by atoms with Gasteiger partial charge in [-0.3, -0.25) is 0 Å². The van der Waals surface area contributed by atoms with Crippen molar-refractivity contribution < 1.29 is 0 Å². The molecule has 28 heavy (non-hydrogen) atoms. The lowest BCUT2D eigenvalue weighted by Crippen LogP contribution is -2.29. The molecule has 6 heteroatoms. The fraction of sp³-hybridized carbons (Fsp3) is 0.545. The van der Waals surface area contributed by atoms with Crippen LogP contribution in [0.15, 0.2) is 30.5 Å². The first kappa shape index (κ1) is 19.2. The molecular weight excluding hydrogens is 348 g/mol. The molecule has 0 bridgehead atoms. The highest BCUT2D eigenvalue weighted by Gasteiger charge is 2.27. The molecule has 2 fully saturated rings. The van der Waals surface area contributed by atoms with E-state index in [1.165, 1.54) is 49.9 Å². The molecule has 1 saturated heterocycles. The molecule has 0 atom stereocenters. The maximum atomic E-state index is 5.62. The van der Waals surface area contributed by atoms with E-state index in [0.29, 0.717) is 24.3 Å². The topological polar surface area (TPSA) is 79.1 Å². The second-order valence-corrected chi connectivity index (χ2v) is 8.17. The Morgan fingerprint density at radius 2 is 1.82 bits per heavy atom. The Morgan fingerprint density at radius 1 is 1.07 bits per heavy atom. The van der Waals surface area contributed by atoms with Gasteiger partial charge in [-0.15, -0.1) is 0 Å². The molecule has 1 aromatic heterocycles. The lowest BCUT2D eigenvalue weighted by atomic mass is 9.89. The molecular formula is C22H32N6. The average molecular weight is 381 g/mol. The van der Waals surface area contributed by atoms with Crippen molar-refractivity contribution >= 4 is 17.5 Å². The highest BCUT2D eigenvalue weighted by Crippen LogP contribution is 2.42. The van der Waals surface area contributed by atoms with E-state index < -0.39 is 0 Å². The zero-order chi connectivity index (χ0) is 19.3. The third-order valence-electron chi connectivity index (χ3n) is 5.86. The number of rotatable bonds is 8. The number of hydrogen-bond donors (Lipinski definition) is 3. The Hall–Kier alpha value is -2.18. The Morgan fingerprint density at radius 3 is 2.50 bits per heavy atom. The van der Waals surface area contributed by atoms with Crippen molar-refractivity contribution in [3.63, 3.8) is 0 Å². The standard InChI is InChI=1S/C22H32N6/c1-28-13-9-17(10-14-28)16-5-7-19(8-6-16)26-22-25-15-20(18-3-4-18)21(27-22)24-12-2-11-23/h5-8,15,17-18H,2-4,9-14,23H2,1H3,(H2,24,25,26,27). The van der Waals surface area contributed by atoms with Crippen LogP contribution in [-0.2, 0) is 0 Å². The Bertz CT molecular complexity index is 763. The first-order chi connectivity index (χ1) is 13.7. The molecule has 2 aromatic rings. The van der Waals surface area contributed by atoms with E-state index in [0.717, 1.165) is 24.5 Å². The van der Waals surface area contributed by atoms with Gasteiger partial charge < -0.3 is 21.3 Å². The van der Waals surface area contributed by atoms with E-state index in [2.05, 4.69) is 51.8 Å². The molecule has 0 radical (unpaired) electrons. The Balaban J connectivity index is 1.42. The van der Waals surface area contributed by atoms with E-state index in [1.54, 1.807) is 0 Å². The van der Waals surface area contributed by atoms with Crippen molar-refractivity contribution in [1.29, 1.82) is 0 Å². The molecule has 1 aliphatic heterocycles. The van der Waals surface area contributed by atoms with E-state index in [1.807, 2.05) is 6.20 Å². The van der Waals surface area contributed by atoms with Gasteiger partial charge in [0.05, 0.1) is 0 Å². The molecule has 0 unspecified atom stereocenters. The minimum absolute atomic E-state index is 0.614. The van der Waals surface area contributed by atoms with Crippen molar-refractivity contribution in [3.8, 4) is 0 Å². The number of hydrogen-bond acceptors (Lipinski definition) is 6. The SMILES string of the molecule is CN1CCC(c2ccc(Nc3ncc(C4CC4)c(NCCCN)n3)cc2)CC1. The van der Waals surface area contributed by atoms with Gasteiger partial charge in [-0.1, -0.05) is 12.1 Å². The van der Waals surface area contributed by atoms with Gasteiger partial charge in [0.25, 0.3) is 0 Å². The minimum Gasteiger partial charge on any atom is -0.370 e. The lowest BCUT2D eigenvalue weighted by molar-refractivity contribution is 0.255. The molecule has 1 aromatic carbocycles. The van der Waals surface area contributed by atoms with Crippen molar-refractivity contribution in [2.75, 3.05) is 43.9 Å². The molecule has 4 N–H and O–H groups in total. The largest absolute Gasteiger partial charge is 0.370 e. The van der Waals surface area contributed by atoms with E-state index in [4.69, 9.17) is 10.7 Å². The molecule has 1 aliphatic carbocycles. The fourth-order valence-electron chi connectivity index (χ4n) is 3.90. The highest BCUT2D eigenvalue weighted by molar-refractivity contribution is 5.57. The number of piperidine rings is 1. The maximum absolute atomic E-state index is 5.62. The molecule has 4 rings (SSSR count). The number of likely N-dealkylation sites (tertiary alicyclic amines) is 1. The summed E-state index contributed by atoms with van der Waals surface area (Å²) < 4.78 is 0. The minimum atomic E-state index is 0.614. The quantitative estimate of drug-likeness (QED) is 0.607. The predicted octanol–water partition coefficient (Wildman–Crippen LogP) is 3.67. The van der Waals surface area contributed by atoms with Crippen LogP contribution in [0.1, 0.15) is 55.1 Å². The van der Waals surface area contributed by atoms with Crippen LogP contribution < -0.4 is 16.4 Å². The summed E-state index contributed by atoms with van der Waals surface area (Å²) in [6.07, 6.45) is 7.87. The van der Waals surface area contributed by atoms with Gasteiger partial charge in [-0.05, 0) is 88.3 Å². The van der Waals surface area contributed by atoms with Crippen molar-refractivity contribution in [1.82, 2.24) is 14.9 Å². The van der Waals surface area contributed by atoms with Crippen LogP contribution in [0.25, 0.3) is 0 Å². The lowest BCUT2D eigenvalue weighted by Gasteiger charge is -2.29. The number of nitrogens with zero attached hydrogens (tertiary/aromatic N) is 3. The molecule has 1 saturated carbocycles. The smallest absolute Gasteiger partial charge is 0.229 e. The zero-order valence-corrected chi connectivity index (χ0v) is 16.8. The van der Waals surface area contributed by atoms with Crippen LogP contribution in [0.3, 0.4) is 0 Å². The number of anilines is 3. The Labute approximate surface area is 167 Å². The number of aromatic nitrogens is 2. The van der Waals surface area contributed by atoms with Crippen LogP contribution in [0.2, 0.25) is 0 Å². The van der Waals surface area contributed by atoms with Gasteiger partial charge in [0.15, 0.2) is 0 Å². The third kappa shape index (κ3) is 4.80. The van der Waals surface area contributed by atoms with E-state index in [9.17, 15) is 0 Å². The molecule has 6 nitrogen and oxygen atoms in total. The summed E-state index contributed by atoms with van der Waals surface area (Å²) in [5.74, 6) is 2.89. The molecule has 0 amide bonds. The number of benzene rings is 1. The zero-order valence-electron chi connectivity index (χ0n) is 16.8. The Kier molecular flexibility index (Phi) is 6.07. The fourth-order valence-corrected chi connectivity index (χ4v) is 3.90. The highest BCUT2D eigenvalue weighted by atomic mass is 15.1. The first-order valence-corrected chi connectivity index (χ1v) is 10.6. The molecule has 150 valence electrons. The van der Waals surface area contributed by atoms with E-state index in [-0.39, 0.29) is 0 Å². The third-order valence-corrected chi connectivity index (χ3v) is 5.86. The summed E-state index contributed by atoms with van der Waals surface area (Å²) in [7, 11) is 2.21. The first-order valence-electron chi connectivity index (χ1n) is 10.6. The molecule has 2 heterocycles. The summed E-state index contributed by atoms with van der Waals surface area (Å²) in [4.78, 5) is 11.7. The molecule has 0 spiro atoms. The van der Waals surface area contributed by atoms with Gasteiger partial charge in [0.2, 0.25) is 5.95 Å². The van der Waals surface area contributed by atoms with Crippen LogP contribution in [0.5, 0.6) is 0 Å². The maximum Gasteiger partial charge on any atom is 0.229 e. The van der Waals surface area contributed by atoms with Gasteiger partial charge in [0, 0.05) is 24.0 Å². The second-order valence-electron chi connectivity index (χ2n) is 8.17. The average Bonchev–Trinajstić information content (AvgIpc) is 3.55.